The van der Waals surface area contributed by atoms with E-state index in [1.54, 1.807) is 0 Å². The third-order valence-corrected chi connectivity index (χ3v) is 4.11. The number of piperazine rings is 1. The van der Waals surface area contributed by atoms with Crippen LogP contribution in [0.15, 0.2) is 23.3 Å². The summed E-state index contributed by atoms with van der Waals surface area (Å²) in [7, 11) is 2.16. The van der Waals surface area contributed by atoms with Crippen molar-refractivity contribution in [3.8, 4) is 5.75 Å². The van der Waals surface area contributed by atoms with E-state index in [-0.39, 0.29) is 22.9 Å². The highest BCUT2D eigenvalue weighted by Gasteiger charge is 2.20. The molecule has 1 aliphatic rings. The minimum absolute atomic E-state index is 0.0668. The van der Waals surface area contributed by atoms with Crippen molar-refractivity contribution >= 4 is 17.8 Å². The predicted octanol–water partition coefficient (Wildman–Crippen LogP) is -3.08. The summed E-state index contributed by atoms with van der Waals surface area (Å²) in [6.07, 6.45) is 1.49. The third kappa shape index (κ3) is 5.28. The molecule has 1 amide bonds. The number of nitrogens with zero attached hydrogens (tertiary/aromatic N) is 2. The normalized spacial score (nSPS) is 20.9. The Labute approximate surface area is 139 Å². The Morgan fingerprint density at radius 1 is 1.38 bits per heavy atom. The SMILES string of the molecule is C[NH+]1CC[NH+](CCC(=O)N/N=C\c2cc([N+](=O)[O-])ccc2[O-])CC1. The van der Waals surface area contributed by atoms with Gasteiger partial charge in [-0.3, -0.25) is 14.9 Å². The van der Waals surface area contributed by atoms with Gasteiger partial charge in [0.05, 0.1) is 31.2 Å². The average Bonchev–Trinajstić information content (AvgIpc) is 2.56. The average molecular weight is 336 g/mol. The zero-order chi connectivity index (χ0) is 17.5. The van der Waals surface area contributed by atoms with Crippen molar-refractivity contribution in [1.29, 1.82) is 0 Å². The summed E-state index contributed by atoms with van der Waals surface area (Å²) in [6.45, 7) is 5.06. The molecule has 1 fully saturated rings. The van der Waals surface area contributed by atoms with Gasteiger partial charge in [-0.05, 0) is 5.56 Å². The van der Waals surface area contributed by atoms with Crippen molar-refractivity contribution in [2.75, 3.05) is 39.8 Å². The zero-order valence-electron chi connectivity index (χ0n) is 13.6. The number of hydrogen-bond acceptors (Lipinski definition) is 5. The van der Waals surface area contributed by atoms with Gasteiger partial charge in [0.25, 0.3) is 5.69 Å². The van der Waals surface area contributed by atoms with Crippen LogP contribution in [0.3, 0.4) is 0 Å². The number of hydrogen-bond donors (Lipinski definition) is 3. The molecule has 0 spiro atoms. The second kappa shape index (κ2) is 8.37. The highest BCUT2D eigenvalue weighted by Crippen LogP contribution is 2.18. The van der Waals surface area contributed by atoms with Crippen molar-refractivity contribution in [3.05, 3.63) is 33.9 Å². The van der Waals surface area contributed by atoms with Gasteiger partial charge in [0.2, 0.25) is 5.91 Å². The Morgan fingerprint density at radius 3 is 2.75 bits per heavy atom. The third-order valence-electron chi connectivity index (χ3n) is 4.11. The molecule has 0 aromatic heterocycles. The van der Waals surface area contributed by atoms with Crippen LogP contribution < -0.4 is 20.3 Å². The first-order chi connectivity index (χ1) is 11.5. The number of carbonyl (C=O) groups excluding carboxylic acids is 1. The van der Waals surface area contributed by atoms with Crippen LogP contribution in [0.2, 0.25) is 0 Å². The number of nitrogens with one attached hydrogen (secondary N) is 3. The maximum absolute atomic E-state index is 11.8. The molecule has 130 valence electrons. The van der Waals surface area contributed by atoms with Gasteiger partial charge in [-0.2, -0.15) is 5.10 Å². The van der Waals surface area contributed by atoms with Gasteiger partial charge in [0.15, 0.2) is 0 Å². The van der Waals surface area contributed by atoms with E-state index in [0.29, 0.717) is 6.42 Å². The number of nitro groups is 1. The quantitative estimate of drug-likeness (QED) is 0.290. The maximum Gasteiger partial charge on any atom is 0.270 e. The fourth-order valence-electron chi connectivity index (χ4n) is 2.55. The van der Waals surface area contributed by atoms with Crippen LogP contribution in [0.1, 0.15) is 12.0 Å². The molecule has 0 radical (unpaired) electrons. The lowest BCUT2D eigenvalue weighted by Gasteiger charge is -2.26. The minimum atomic E-state index is -0.587. The van der Waals surface area contributed by atoms with Crippen LogP contribution in [-0.2, 0) is 4.79 Å². The Balaban J connectivity index is 1.80. The molecule has 9 nitrogen and oxygen atoms in total. The first kappa shape index (κ1) is 17.8. The van der Waals surface area contributed by atoms with Gasteiger partial charge >= 0.3 is 0 Å². The lowest BCUT2D eigenvalue weighted by Crippen LogP contribution is -3.27. The van der Waals surface area contributed by atoms with E-state index in [1.807, 2.05) is 0 Å². The molecule has 24 heavy (non-hydrogen) atoms. The fourth-order valence-corrected chi connectivity index (χ4v) is 2.55. The number of likely N-dealkylation sites (N-methyl/N-ethyl adjacent to an activating group) is 1. The van der Waals surface area contributed by atoms with Crippen molar-refractivity contribution in [1.82, 2.24) is 5.43 Å². The van der Waals surface area contributed by atoms with Crippen LogP contribution >= 0.6 is 0 Å². The van der Waals surface area contributed by atoms with E-state index in [1.165, 1.54) is 9.80 Å². The number of nitro benzene ring substituents is 1. The van der Waals surface area contributed by atoms with Crippen LogP contribution in [0, 0.1) is 10.1 Å². The van der Waals surface area contributed by atoms with E-state index in [0.717, 1.165) is 57.1 Å². The highest BCUT2D eigenvalue weighted by atomic mass is 16.6. The van der Waals surface area contributed by atoms with Gasteiger partial charge in [0, 0.05) is 12.1 Å². The van der Waals surface area contributed by atoms with E-state index in [2.05, 4.69) is 17.6 Å². The summed E-state index contributed by atoms with van der Waals surface area (Å²) >= 11 is 0. The Morgan fingerprint density at radius 2 is 2.08 bits per heavy atom. The molecule has 1 aromatic rings. The van der Waals surface area contributed by atoms with E-state index in [4.69, 9.17) is 0 Å². The molecular formula is C15H22N5O4+. The minimum Gasteiger partial charge on any atom is -0.872 e. The van der Waals surface area contributed by atoms with Crippen molar-refractivity contribution in [2.45, 2.75) is 6.42 Å². The molecule has 0 unspecified atom stereocenters. The molecule has 1 heterocycles. The smallest absolute Gasteiger partial charge is 0.270 e. The van der Waals surface area contributed by atoms with E-state index < -0.39 is 4.92 Å². The summed E-state index contributed by atoms with van der Waals surface area (Å²) in [5, 5.41) is 26.0. The van der Waals surface area contributed by atoms with E-state index >= 15 is 0 Å². The molecule has 2 rings (SSSR count). The summed E-state index contributed by atoms with van der Waals surface area (Å²) in [6, 6.07) is 3.38. The fraction of sp³-hybridized carbons (Fsp3) is 0.467. The Hall–Kier alpha value is -2.52. The van der Waals surface area contributed by atoms with Crippen LogP contribution in [0.5, 0.6) is 5.75 Å². The number of quaternary nitrogens is 2. The molecule has 0 bridgehead atoms. The standard InChI is InChI=1S/C15H21N5O4/c1-18-6-8-19(9-7-18)5-4-15(22)17-16-11-12-10-13(20(23)24)2-3-14(12)21/h2-3,10-11,21H,4-9H2,1H3,(H,17,22)/p+1/b16-11-. The van der Waals surface area contributed by atoms with Crippen LogP contribution in [0.25, 0.3) is 0 Å². The molecule has 3 N–H and O–H groups in total. The number of hydrazone groups is 1. The number of non-ortho nitro benzene ring substituents is 1. The maximum atomic E-state index is 11.8. The molecule has 0 saturated carbocycles. The first-order valence-electron chi connectivity index (χ1n) is 7.88. The van der Waals surface area contributed by atoms with Crippen LogP contribution in [0.4, 0.5) is 5.69 Å². The lowest BCUT2D eigenvalue weighted by molar-refractivity contribution is -1.00. The van der Waals surface area contributed by atoms with Gasteiger partial charge in [-0.1, -0.05) is 11.8 Å². The number of rotatable bonds is 6. The Kier molecular flexibility index (Phi) is 6.21. The molecule has 1 aromatic carbocycles. The highest BCUT2D eigenvalue weighted by molar-refractivity contribution is 5.85. The molecule has 9 heteroatoms. The summed E-state index contributed by atoms with van der Waals surface area (Å²) < 4.78 is 0. The van der Waals surface area contributed by atoms with Gasteiger partial charge in [-0.15, -0.1) is 0 Å². The monoisotopic (exact) mass is 336 g/mol. The number of amides is 1. The molecule has 0 aliphatic carbocycles. The topological polar surface area (TPSA) is 117 Å². The van der Waals surface area contributed by atoms with Gasteiger partial charge in [0.1, 0.15) is 26.2 Å². The molecule has 1 saturated heterocycles. The summed E-state index contributed by atoms with van der Waals surface area (Å²) in [4.78, 5) is 24.8. The van der Waals surface area contributed by atoms with E-state index in [9.17, 15) is 20.0 Å². The number of carbonyl (C=O) groups is 1. The zero-order valence-corrected chi connectivity index (χ0v) is 13.6. The molecule has 0 atom stereocenters. The second-order valence-electron chi connectivity index (χ2n) is 5.98. The Bertz CT molecular complexity index is 626. The van der Waals surface area contributed by atoms with Crippen molar-refractivity contribution in [3.63, 3.8) is 0 Å². The van der Waals surface area contributed by atoms with Crippen molar-refractivity contribution in [2.24, 2.45) is 5.10 Å². The van der Waals surface area contributed by atoms with Crippen LogP contribution in [-0.4, -0.2) is 56.8 Å². The molecule has 1 aliphatic heterocycles. The lowest BCUT2D eigenvalue weighted by atomic mass is 10.2. The molecular weight excluding hydrogens is 314 g/mol. The number of benzene rings is 1. The first-order valence-corrected chi connectivity index (χ1v) is 7.88. The largest absolute Gasteiger partial charge is 0.872 e. The summed E-state index contributed by atoms with van der Waals surface area (Å²) in [5.41, 5.74) is 2.23. The van der Waals surface area contributed by atoms with Gasteiger partial charge in [-0.25, -0.2) is 5.43 Å². The van der Waals surface area contributed by atoms with Gasteiger partial charge < -0.3 is 14.9 Å². The second-order valence-corrected chi connectivity index (χ2v) is 5.98. The summed E-state index contributed by atoms with van der Waals surface area (Å²) in [5.74, 6) is -0.620. The predicted molar refractivity (Wildman–Crippen MR) is 85.1 cm³/mol. The van der Waals surface area contributed by atoms with Crippen molar-refractivity contribution < 1.29 is 24.6 Å².